The molecule has 1 aromatic heterocycles. The molecule has 0 saturated heterocycles. The number of halogens is 2. The van der Waals surface area contributed by atoms with Crippen LogP contribution in [-0.2, 0) is 4.79 Å². The van der Waals surface area contributed by atoms with Crippen LogP contribution in [0.3, 0.4) is 0 Å². The molecule has 29 heavy (non-hydrogen) atoms. The molecule has 1 heterocycles. The number of likely N-dealkylation sites (N-methyl/N-ethyl adjacent to an activating group) is 1. The number of carbonyl (C=O) groups excluding carboxylic acids is 2. The Bertz CT molecular complexity index is 1080. The molecule has 0 spiro atoms. The Hall–Kier alpha value is -2.83. The van der Waals surface area contributed by atoms with Crippen molar-refractivity contribution < 1.29 is 14.3 Å². The Balaban J connectivity index is 1.79. The molecular formula is C21H19Cl2N3O3. The smallest absolute Gasteiger partial charge is 0.255 e. The number of nitrogens with zero attached hydrogens (tertiary/aromatic N) is 2. The standard InChI is InChI=1S/C21H19Cl2N3O3/c1-12-15(10-13-9-14(29-3)7-8-18(13)24-12)21(28)26(2)11-19(27)25-20-16(22)5-4-6-17(20)23/h4-10H,11H2,1-3H3,(H,25,27). The fourth-order valence-corrected chi connectivity index (χ4v) is 3.38. The van der Waals surface area contributed by atoms with Crippen LogP contribution < -0.4 is 10.1 Å². The van der Waals surface area contributed by atoms with E-state index >= 15 is 0 Å². The number of carbonyl (C=O) groups is 2. The summed E-state index contributed by atoms with van der Waals surface area (Å²) in [6.45, 7) is 1.59. The van der Waals surface area contributed by atoms with Crippen LogP contribution in [0.15, 0.2) is 42.5 Å². The summed E-state index contributed by atoms with van der Waals surface area (Å²) in [6.07, 6.45) is 0. The molecule has 6 nitrogen and oxygen atoms in total. The molecule has 150 valence electrons. The topological polar surface area (TPSA) is 71.5 Å². The summed E-state index contributed by atoms with van der Waals surface area (Å²) < 4.78 is 5.23. The predicted octanol–water partition coefficient (Wildman–Crippen LogP) is 4.57. The highest BCUT2D eigenvalue weighted by atomic mass is 35.5. The number of hydrogen-bond acceptors (Lipinski definition) is 4. The molecule has 0 saturated carbocycles. The number of para-hydroxylation sites is 1. The van der Waals surface area contributed by atoms with Crippen LogP contribution in [0, 0.1) is 6.92 Å². The molecule has 0 aliphatic rings. The van der Waals surface area contributed by atoms with E-state index in [-0.39, 0.29) is 12.5 Å². The van der Waals surface area contributed by atoms with E-state index in [2.05, 4.69) is 10.3 Å². The van der Waals surface area contributed by atoms with Crippen LogP contribution in [0.2, 0.25) is 10.0 Å². The third kappa shape index (κ3) is 4.60. The Labute approximate surface area is 178 Å². The van der Waals surface area contributed by atoms with Crippen molar-refractivity contribution in [2.75, 3.05) is 26.0 Å². The molecule has 3 rings (SSSR count). The maximum absolute atomic E-state index is 12.9. The zero-order valence-corrected chi connectivity index (χ0v) is 17.6. The number of rotatable bonds is 5. The number of amides is 2. The van der Waals surface area contributed by atoms with Gasteiger partial charge in [0, 0.05) is 12.4 Å². The fraction of sp³-hybridized carbons (Fsp3) is 0.190. The summed E-state index contributed by atoms with van der Waals surface area (Å²) >= 11 is 12.1. The van der Waals surface area contributed by atoms with Crippen molar-refractivity contribution in [2.45, 2.75) is 6.92 Å². The van der Waals surface area contributed by atoms with Crippen LogP contribution in [0.25, 0.3) is 10.9 Å². The quantitative estimate of drug-likeness (QED) is 0.641. The van der Waals surface area contributed by atoms with Crippen molar-refractivity contribution in [1.82, 2.24) is 9.88 Å². The van der Waals surface area contributed by atoms with Crippen molar-refractivity contribution >= 4 is 51.6 Å². The van der Waals surface area contributed by atoms with Gasteiger partial charge in [0.25, 0.3) is 5.91 Å². The van der Waals surface area contributed by atoms with E-state index in [1.807, 2.05) is 18.2 Å². The molecular weight excluding hydrogens is 413 g/mol. The molecule has 0 fully saturated rings. The van der Waals surface area contributed by atoms with Crippen LogP contribution >= 0.6 is 23.2 Å². The van der Waals surface area contributed by atoms with E-state index in [1.165, 1.54) is 4.90 Å². The SMILES string of the molecule is COc1ccc2nc(C)c(C(=O)N(C)CC(=O)Nc3c(Cl)cccc3Cl)cc2c1. The first-order valence-corrected chi connectivity index (χ1v) is 9.50. The van der Waals surface area contributed by atoms with Crippen molar-refractivity contribution in [1.29, 1.82) is 0 Å². The lowest BCUT2D eigenvalue weighted by atomic mass is 10.1. The normalized spacial score (nSPS) is 10.7. The minimum absolute atomic E-state index is 0.171. The lowest BCUT2D eigenvalue weighted by molar-refractivity contribution is -0.116. The lowest BCUT2D eigenvalue weighted by Crippen LogP contribution is -2.35. The second-order valence-corrected chi connectivity index (χ2v) is 7.30. The minimum atomic E-state index is -0.413. The number of nitrogens with one attached hydrogen (secondary N) is 1. The van der Waals surface area contributed by atoms with Crippen molar-refractivity contribution in [2.24, 2.45) is 0 Å². The maximum atomic E-state index is 12.9. The highest BCUT2D eigenvalue weighted by molar-refractivity contribution is 6.39. The minimum Gasteiger partial charge on any atom is -0.497 e. The molecule has 1 N–H and O–H groups in total. The Morgan fingerprint density at radius 3 is 2.48 bits per heavy atom. The van der Waals surface area contributed by atoms with E-state index in [0.717, 1.165) is 10.9 Å². The first-order valence-electron chi connectivity index (χ1n) is 8.75. The molecule has 3 aromatic rings. The monoisotopic (exact) mass is 431 g/mol. The van der Waals surface area contributed by atoms with Crippen LogP contribution in [0.1, 0.15) is 16.1 Å². The molecule has 2 aromatic carbocycles. The second kappa shape index (κ2) is 8.68. The zero-order chi connectivity index (χ0) is 21.1. The van der Waals surface area contributed by atoms with Gasteiger partial charge in [-0.25, -0.2) is 0 Å². The number of benzene rings is 2. The van der Waals surface area contributed by atoms with Gasteiger partial charge >= 0.3 is 0 Å². The Morgan fingerprint density at radius 1 is 1.14 bits per heavy atom. The zero-order valence-electron chi connectivity index (χ0n) is 16.1. The van der Waals surface area contributed by atoms with Gasteiger partial charge in [-0.2, -0.15) is 0 Å². The number of aromatic nitrogens is 1. The summed E-state index contributed by atoms with van der Waals surface area (Å²) in [6, 6.07) is 12.1. The Morgan fingerprint density at radius 2 is 1.83 bits per heavy atom. The molecule has 0 atom stereocenters. The van der Waals surface area contributed by atoms with Gasteiger partial charge in [0.05, 0.1) is 46.2 Å². The van der Waals surface area contributed by atoms with Gasteiger partial charge in [-0.3, -0.25) is 14.6 Å². The third-order valence-corrected chi connectivity index (χ3v) is 5.03. The van der Waals surface area contributed by atoms with E-state index in [0.29, 0.717) is 32.7 Å². The summed E-state index contributed by atoms with van der Waals surface area (Å²) in [5.41, 5.74) is 2.07. The van der Waals surface area contributed by atoms with Gasteiger partial charge in [0.15, 0.2) is 0 Å². The average Bonchev–Trinajstić information content (AvgIpc) is 2.69. The fourth-order valence-electron chi connectivity index (χ4n) is 2.88. The number of ether oxygens (including phenoxy) is 1. The van der Waals surface area contributed by atoms with Crippen molar-refractivity contribution in [3.05, 3.63) is 63.8 Å². The van der Waals surface area contributed by atoms with Gasteiger partial charge < -0.3 is 15.0 Å². The van der Waals surface area contributed by atoms with Gasteiger partial charge in [-0.1, -0.05) is 29.3 Å². The molecule has 2 amide bonds. The summed E-state index contributed by atoms with van der Waals surface area (Å²) in [4.78, 5) is 31.1. The van der Waals surface area contributed by atoms with E-state index < -0.39 is 5.91 Å². The van der Waals surface area contributed by atoms with Crippen LogP contribution in [0.5, 0.6) is 5.75 Å². The largest absolute Gasteiger partial charge is 0.497 e. The number of hydrogen-bond donors (Lipinski definition) is 1. The number of methoxy groups -OCH3 is 1. The molecule has 8 heteroatoms. The number of fused-ring (bicyclic) bond motifs is 1. The third-order valence-electron chi connectivity index (χ3n) is 4.40. The highest BCUT2D eigenvalue weighted by Crippen LogP contribution is 2.29. The Kier molecular flexibility index (Phi) is 6.25. The number of aryl methyl sites for hydroxylation is 1. The predicted molar refractivity (Wildman–Crippen MR) is 115 cm³/mol. The summed E-state index contributed by atoms with van der Waals surface area (Å²) in [5.74, 6) is -0.0602. The van der Waals surface area contributed by atoms with Gasteiger partial charge in [-0.15, -0.1) is 0 Å². The van der Waals surface area contributed by atoms with Gasteiger partial charge in [-0.05, 0) is 43.3 Å². The molecule has 0 bridgehead atoms. The molecule has 0 aliphatic heterocycles. The van der Waals surface area contributed by atoms with E-state index in [4.69, 9.17) is 27.9 Å². The summed E-state index contributed by atoms with van der Waals surface area (Å²) in [7, 11) is 3.12. The van der Waals surface area contributed by atoms with Crippen molar-refractivity contribution in [3.63, 3.8) is 0 Å². The maximum Gasteiger partial charge on any atom is 0.255 e. The first-order chi connectivity index (χ1) is 13.8. The van der Waals surface area contributed by atoms with Crippen molar-refractivity contribution in [3.8, 4) is 5.75 Å². The highest BCUT2D eigenvalue weighted by Gasteiger charge is 2.19. The first kappa shape index (κ1) is 20.9. The molecule has 0 aliphatic carbocycles. The molecule has 0 radical (unpaired) electrons. The lowest BCUT2D eigenvalue weighted by Gasteiger charge is -2.19. The summed E-state index contributed by atoms with van der Waals surface area (Å²) in [5, 5.41) is 4.07. The van der Waals surface area contributed by atoms with Crippen LogP contribution in [0.4, 0.5) is 5.69 Å². The van der Waals surface area contributed by atoms with Gasteiger partial charge in [0.1, 0.15) is 5.75 Å². The van der Waals surface area contributed by atoms with E-state index in [1.54, 1.807) is 45.3 Å². The number of pyridine rings is 1. The van der Waals surface area contributed by atoms with Crippen LogP contribution in [-0.4, -0.2) is 42.4 Å². The molecule has 0 unspecified atom stereocenters. The van der Waals surface area contributed by atoms with Gasteiger partial charge in [0.2, 0.25) is 5.91 Å². The van der Waals surface area contributed by atoms with E-state index in [9.17, 15) is 9.59 Å². The number of anilines is 1. The average molecular weight is 432 g/mol. The second-order valence-electron chi connectivity index (χ2n) is 6.49.